The van der Waals surface area contributed by atoms with Crippen LogP contribution in [0.3, 0.4) is 0 Å². The van der Waals surface area contributed by atoms with Crippen molar-refractivity contribution < 1.29 is 22.4 Å². The van der Waals surface area contributed by atoms with E-state index in [4.69, 9.17) is 9.15 Å². The topological polar surface area (TPSA) is 88.8 Å². The molecule has 3 rings (SSSR count). The Morgan fingerprint density at radius 3 is 2.37 bits per heavy atom. The summed E-state index contributed by atoms with van der Waals surface area (Å²) in [6.45, 7) is 0.426. The van der Waals surface area contributed by atoms with Crippen molar-refractivity contribution in [1.82, 2.24) is 9.62 Å². The molecule has 0 aliphatic carbocycles. The van der Waals surface area contributed by atoms with Crippen molar-refractivity contribution in [3.8, 4) is 5.75 Å². The first-order chi connectivity index (χ1) is 14.4. The molecule has 0 aliphatic rings. The van der Waals surface area contributed by atoms with E-state index in [-0.39, 0.29) is 17.2 Å². The molecule has 1 heterocycles. The van der Waals surface area contributed by atoms with Gasteiger partial charge in [-0.2, -0.15) is 4.72 Å². The van der Waals surface area contributed by atoms with E-state index in [1.165, 1.54) is 25.5 Å². The van der Waals surface area contributed by atoms with Gasteiger partial charge in [0.2, 0.25) is 15.9 Å². The average Bonchev–Trinajstić information content (AvgIpc) is 3.29. The number of hydrogen-bond acceptors (Lipinski definition) is 5. The predicted molar refractivity (Wildman–Crippen MR) is 112 cm³/mol. The van der Waals surface area contributed by atoms with E-state index < -0.39 is 16.1 Å². The lowest BCUT2D eigenvalue weighted by atomic mass is 10.1. The van der Waals surface area contributed by atoms with Crippen molar-refractivity contribution in [3.05, 3.63) is 84.3 Å². The molecular formula is C22H24N2O5S. The second-order valence-corrected chi connectivity index (χ2v) is 8.52. The summed E-state index contributed by atoms with van der Waals surface area (Å²) >= 11 is 0. The molecule has 0 saturated carbocycles. The molecule has 7 nitrogen and oxygen atoms in total. The van der Waals surface area contributed by atoms with E-state index in [1.54, 1.807) is 36.2 Å². The molecule has 1 amide bonds. The van der Waals surface area contributed by atoms with Crippen molar-refractivity contribution in [2.24, 2.45) is 0 Å². The van der Waals surface area contributed by atoms with Crippen LogP contribution in [0.4, 0.5) is 0 Å². The third kappa shape index (κ3) is 5.49. The van der Waals surface area contributed by atoms with E-state index >= 15 is 0 Å². The normalized spacial score (nSPS) is 12.3. The second-order valence-electron chi connectivity index (χ2n) is 6.80. The van der Waals surface area contributed by atoms with Gasteiger partial charge in [-0.05, 0) is 42.0 Å². The number of carbonyl (C=O) groups is 1. The van der Waals surface area contributed by atoms with Crippen molar-refractivity contribution in [1.29, 1.82) is 0 Å². The van der Waals surface area contributed by atoms with Crippen LogP contribution in [0.25, 0.3) is 0 Å². The molecule has 0 aliphatic heterocycles. The highest BCUT2D eigenvalue weighted by Crippen LogP contribution is 2.23. The maximum atomic E-state index is 12.9. The summed E-state index contributed by atoms with van der Waals surface area (Å²) in [5.74, 6) is 0.709. The molecule has 2 aromatic carbocycles. The first-order valence-corrected chi connectivity index (χ1v) is 10.8. The molecule has 0 spiro atoms. The highest BCUT2D eigenvalue weighted by atomic mass is 32.2. The fourth-order valence-electron chi connectivity index (χ4n) is 2.98. The standard InChI is InChI=1S/C22H24N2O5S/c1-24(16-17-7-4-3-5-8-17)22(25)15-20(21-9-6-14-29-21)23-30(26,27)19-12-10-18(28-2)11-13-19/h3-14,20,23H,15-16H2,1-2H3/t20-/m1/s1. The zero-order chi connectivity index (χ0) is 21.6. The van der Waals surface area contributed by atoms with Gasteiger partial charge in [-0.3, -0.25) is 4.79 Å². The van der Waals surface area contributed by atoms with Crippen LogP contribution >= 0.6 is 0 Å². The van der Waals surface area contributed by atoms with Crippen molar-refractivity contribution in [3.63, 3.8) is 0 Å². The maximum Gasteiger partial charge on any atom is 0.241 e. The smallest absolute Gasteiger partial charge is 0.241 e. The van der Waals surface area contributed by atoms with E-state index in [2.05, 4.69) is 4.72 Å². The zero-order valence-corrected chi connectivity index (χ0v) is 17.6. The van der Waals surface area contributed by atoms with Gasteiger partial charge in [-0.15, -0.1) is 0 Å². The van der Waals surface area contributed by atoms with Gasteiger partial charge in [-0.25, -0.2) is 8.42 Å². The number of hydrogen-bond donors (Lipinski definition) is 1. The van der Waals surface area contributed by atoms with Gasteiger partial charge in [-0.1, -0.05) is 30.3 Å². The lowest BCUT2D eigenvalue weighted by molar-refractivity contribution is -0.131. The van der Waals surface area contributed by atoms with Crippen LogP contribution in [0.2, 0.25) is 0 Å². The lowest BCUT2D eigenvalue weighted by Crippen LogP contribution is -2.34. The number of rotatable bonds is 9. The fourth-order valence-corrected chi connectivity index (χ4v) is 4.18. The third-order valence-corrected chi connectivity index (χ3v) is 6.11. The van der Waals surface area contributed by atoms with Crippen LogP contribution in [0.1, 0.15) is 23.8 Å². The minimum absolute atomic E-state index is 0.0740. The molecule has 1 atom stereocenters. The molecule has 0 unspecified atom stereocenters. The summed E-state index contributed by atoms with van der Waals surface area (Å²) in [4.78, 5) is 14.4. The molecule has 30 heavy (non-hydrogen) atoms. The predicted octanol–water partition coefficient (Wildman–Crippen LogP) is 3.36. The van der Waals surface area contributed by atoms with E-state index in [9.17, 15) is 13.2 Å². The summed E-state index contributed by atoms with van der Waals surface area (Å²) < 4.78 is 38.8. The number of ether oxygens (including phenoxy) is 1. The molecule has 8 heteroatoms. The largest absolute Gasteiger partial charge is 0.497 e. The van der Waals surface area contributed by atoms with E-state index in [0.717, 1.165) is 5.56 Å². The second kappa shape index (κ2) is 9.60. The molecule has 1 aromatic heterocycles. The maximum absolute atomic E-state index is 12.9. The summed E-state index contributed by atoms with van der Waals surface area (Å²) in [5.41, 5.74) is 0.988. The first-order valence-electron chi connectivity index (χ1n) is 9.37. The van der Waals surface area contributed by atoms with Crippen LogP contribution < -0.4 is 9.46 Å². The Kier molecular flexibility index (Phi) is 6.91. The van der Waals surface area contributed by atoms with E-state index in [0.29, 0.717) is 18.1 Å². The van der Waals surface area contributed by atoms with E-state index in [1.807, 2.05) is 30.3 Å². The van der Waals surface area contributed by atoms with Crippen molar-refractivity contribution in [2.75, 3.05) is 14.2 Å². The molecule has 158 valence electrons. The van der Waals surface area contributed by atoms with Crippen LogP contribution in [0.5, 0.6) is 5.75 Å². The van der Waals surface area contributed by atoms with Crippen molar-refractivity contribution >= 4 is 15.9 Å². The minimum atomic E-state index is -3.88. The molecule has 1 N–H and O–H groups in total. The number of nitrogens with zero attached hydrogens (tertiary/aromatic N) is 1. The SMILES string of the molecule is COc1ccc(S(=O)(=O)N[C@H](CC(=O)N(C)Cc2ccccc2)c2ccco2)cc1. The zero-order valence-electron chi connectivity index (χ0n) is 16.8. The molecule has 0 radical (unpaired) electrons. The van der Waals surface area contributed by atoms with Crippen molar-refractivity contribution in [2.45, 2.75) is 23.9 Å². The van der Waals surface area contributed by atoms with Gasteiger partial charge in [0, 0.05) is 13.6 Å². The quantitative estimate of drug-likeness (QED) is 0.565. The molecule has 3 aromatic rings. The van der Waals surface area contributed by atoms with Gasteiger partial charge < -0.3 is 14.1 Å². The molecular weight excluding hydrogens is 404 g/mol. The Labute approximate surface area is 176 Å². The van der Waals surface area contributed by atoms with Crippen LogP contribution in [-0.2, 0) is 21.4 Å². The Hall–Kier alpha value is -3.10. The van der Waals surface area contributed by atoms with Crippen LogP contribution in [-0.4, -0.2) is 33.4 Å². The highest BCUT2D eigenvalue weighted by Gasteiger charge is 2.27. The summed E-state index contributed by atoms with van der Waals surface area (Å²) in [7, 11) is -0.684. The Balaban J connectivity index is 1.75. The first kappa shape index (κ1) is 21.6. The highest BCUT2D eigenvalue weighted by molar-refractivity contribution is 7.89. The Morgan fingerprint density at radius 2 is 1.77 bits per heavy atom. The fraction of sp³-hybridized carbons (Fsp3) is 0.227. The summed E-state index contributed by atoms with van der Waals surface area (Å²) in [6.07, 6.45) is 1.37. The van der Waals surface area contributed by atoms with Gasteiger partial charge in [0.25, 0.3) is 0 Å². The van der Waals surface area contributed by atoms with Gasteiger partial charge in [0.05, 0.1) is 30.7 Å². The van der Waals surface area contributed by atoms with Gasteiger partial charge in [0.1, 0.15) is 11.5 Å². The summed E-state index contributed by atoms with van der Waals surface area (Å²) in [5, 5.41) is 0. The number of methoxy groups -OCH3 is 1. The molecule has 0 saturated heterocycles. The number of nitrogens with one attached hydrogen (secondary N) is 1. The lowest BCUT2D eigenvalue weighted by Gasteiger charge is -2.21. The number of sulfonamides is 1. The average molecular weight is 429 g/mol. The van der Waals surface area contributed by atoms with Gasteiger partial charge >= 0.3 is 0 Å². The Bertz CT molecular complexity index is 1050. The summed E-state index contributed by atoms with van der Waals surface area (Å²) in [6, 6.07) is 18.1. The molecule has 0 bridgehead atoms. The van der Waals surface area contributed by atoms with Crippen LogP contribution in [0, 0.1) is 0 Å². The number of benzene rings is 2. The third-order valence-electron chi connectivity index (χ3n) is 4.62. The van der Waals surface area contributed by atoms with Crippen LogP contribution in [0.15, 0.2) is 82.3 Å². The number of carbonyl (C=O) groups excluding carboxylic acids is 1. The molecule has 0 fully saturated rings. The number of furan rings is 1. The number of amides is 1. The Morgan fingerprint density at radius 1 is 1.07 bits per heavy atom. The minimum Gasteiger partial charge on any atom is -0.497 e. The monoisotopic (exact) mass is 428 g/mol. The van der Waals surface area contributed by atoms with Gasteiger partial charge in [0.15, 0.2) is 0 Å².